The SMILES string of the molecule is O=C([O-])c1c2c(nc3ccc(F)cc13)-c1ccc(-c3ccccc3)cc1OC2. The molecule has 1 aromatic heterocycles. The van der Waals surface area contributed by atoms with Crippen molar-refractivity contribution in [3.05, 3.63) is 83.7 Å². The van der Waals surface area contributed by atoms with Gasteiger partial charge in [-0.15, -0.1) is 0 Å². The van der Waals surface area contributed by atoms with Crippen molar-refractivity contribution in [1.29, 1.82) is 0 Å². The highest BCUT2D eigenvalue weighted by atomic mass is 19.1. The summed E-state index contributed by atoms with van der Waals surface area (Å²) in [6.45, 7) is 0.0311. The van der Waals surface area contributed by atoms with Crippen LogP contribution in [0.15, 0.2) is 66.7 Å². The second kappa shape index (κ2) is 6.16. The van der Waals surface area contributed by atoms with E-state index < -0.39 is 11.8 Å². The van der Waals surface area contributed by atoms with Crippen molar-refractivity contribution in [3.8, 4) is 28.1 Å². The molecule has 0 saturated heterocycles. The van der Waals surface area contributed by atoms with Crippen molar-refractivity contribution in [2.24, 2.45) is 0 Å². The van der Waals surface area contributed by atoms with E-state index in [1.807, 2.05) is 48.5 Å². The number of ether oxygens (including phenoxy) is 1. The average Bonchev–Trinajstić information content (AvgIpc) is 2.72. The lowest BCUT2D eigenvalue weighted by Crippen LogP contribution is -2.26. The predicted octanol–water partition coefficient (Wildman–Crippen LogP) is 3.96. The van der Waals surface area contributed by atoms with Crippen LogP contribution < -0.4 is 9.84 Å². The lowest BCUT2D eigenvalue weighted by molar-refractivity contribution is -0.254. The van der Waals surface area contributed by atoms with Gasteiger partial charge in [-0.05, 0) is 41.5 Å². The number of aromatic nitrogens is 1. The molecule has 0 atom stereocenters. The van der Waals surface area contributed by atoms with Crippen molar-refractivity contribution in [3.63, 3.8) is 0 Å². The van der Waals surface area contributed by atoms with Gasteiger partial charge in [-0.2, -0.15) is 0 Å². The maximum atomic E-state index is 13.7. The van der Waals surface area contributed by atoms with Crippen LogP contribution in [-0.4, -0.2) is 11.0 Å². The quantitative estimate of drug-likeness (QED) is 0.536. The van der Waals surface area contributed by atoms with Gasteiger partial charge in [0.15, 0.2) is 0 Å². The van der Waals surface area contributed by atoms with E-state index in [0.29, 0.717) is 28.1 Å². The number of carboxylic acids is 1. The molecule has 1 aliphatic rings. The number of pyridine rings is 1. The molecule has 5 rings (SSSR count). The number of hydrogen-bond donors (Lipinski definition) is 0. The number of rotatable bonds is 2. The van der Waals surface area contributed by atoms with Crippen LogP contribution in [0.4, 0.5) is 4.39 Å². The van der Waals surface area contributed by atoms with Crippen molar-refractivity contribution >= 4 is 16.9 Å². The lowest BCUT2D eigenvalue weighted by Gasteiger charge is -2.24. The number of nitrogens with zero attached hydrogens (tertiary/aromatic N) is 1. The van der Waals surface area contributed by atoms with E-state index in [1.54, 1.807) is 0 Å². The highest BCUT2D eigenvalue weighted by Crippen LogP contribution is 2.41. The van der Waals surface area contributed by atoms with E-state index in [-0.39, 0.29) is 17.6 Å². The number of aromatic carboxylic acids is 1. The molecule has 0 amide bonds. The molecule has 0 radical (unpaired) electrons. The zero-order chi connectivity index (χ0) is 19.3. The fraction of sp³-hybridized carbons (Fsp3) is 0.0435. The Balaban J connectivity index is 1.74. The summed E-state index contributed by atoms with van der Waals surface area (Å²) in [5.41, 5.74) is 4.01. The molecule has 0 saturated carbocycles. The largest absolute Gasteiger partial charge is 0.545 e. The van der Waals surface area contributed by atoms with Crippen molar-refractivity contribution < 1.29 is 19.0 Å². The van der Waals surface area contributed by atoms with Crippen molar-refractivity contribution in [1.82, 2.24) is 4.98 Å². The normalized spacial score (nSPS) is 12.2. The van der Waals surface area contributed by atoms with Gasteiger partial charge in [0.2, 0.25) is 0 Å². The third-order valence-electron chi connectivity index (χ3n) is 4.97. The third-order valence-corrected chi connectivity index (χ3v) is 4.97. The van der Waals surface area contributed by atoms with Crippen molar-refractivity contribution in [2.45, 2.75) is 6.61 Å². The summed E-state index contributed by atoms with van der Waals surface area (Å²) in [7, 11) is 0. The van der Waals surface area contributed by atoms with E-state index in [4.69, 9.17) is 4.74 Å². The number of carboxylic acid groups (broad SMARTS) is 1. The molecule has 0 fully saturated rings. The Labute approximate surface area is 159 Å². The second-order valence-electron chi connectivity index (χ2n) is 6.63. The number of benzene rings is 3. The number of hydrogen-bond acceptors (Lipinski definition) is 4. The lowest BCUT2D eigenvalue weighted by atomic mass is 9.93. The fourth-order valence-electron chi connectivity index (χ4n) is 3.67. The Morgan fingerprint density at radius 3 is 2.61 bits per heavy atom. The molecular formula is C23H13FNO3-. The van der Waals surface area contributed by atoms with E-state index in [2.05, 4.69) is 4.98 Å². The minimum Gasteiger partial charge on any atom is -0.545 e. The predicted molar refractivity (Wildman–Crippen MR) is 101 cm³/mol. The van der Waals surface area contributed by atoms with Crippen LogP contribution in [0.3, 0.4) is 0 Å². The van der Waals surface area contributed by atoms with Gasteiger partial charge in [-0.25, -0.2) is 9.37 Å². The van der Waals surface area contributed by atoms with Crippen LogP contribution in [0.2, 0.25) is 0 Å². The molecule has 3 aromatic carbocycles. The number of fused-ring (bicyclic) bond motifs is 4. The standard InChI is InChI=1S/C23H14FNO3/c24-15-7-9-19-17(11-15)21(23(26)27)18-12-28-20-10-14(13-4-2-1-3-5-13)6-8-16(20)22(18)25-19/h1-11H,12H2,(H,26,27)/p-1. The second-order valence-corrected chi connectivity index (χ2v) is 6.63. The first-order chi connectivity index (χ1) is 13.6. The molecule has 0 bridgehead atoms. The molecule has 0 spiro atoms. The summed E-state index contributed by atoms with van der Waals surface area (Å²) in [6.07, 6.45) is 0. The molecule has 28 heavy (non-hydrogen) atoms. The Kier molecular flexibility index (Phi) is 3.62. The van der Waals surface area contributed by atoms with Crippen LogP contribution >= 0.6 is 0 Å². The van der Waals surface area contributed by atoms with Gasteiger partial charge in [0.1, 0.15) is 18.2 Å². The molecule has 136 valence electrons. The van der Waals surface area contributed by atoms with Crippen molar-refractivity contribution in [2.75, 3.05) is 0 Å². The summed E-state index contributed by atoms with van der Waals surface area (Å²) in [5, 5.41) is 12.0. The summed E-state index contributed by atoms with van der Waals surface area (Å²) < 4.78 is 19.5. The van der Waals surface area contributed by atoms with Crippen LogP contribution in [0.25, 0.3) is 33.3 Å². The minimum atomic E-state index is -1.37. The van der Waals surface area contributed by atoms with Gasteiger partial charge < -0.3 is 14.6 Å². The molecule has 5 heteroatoms. The van der Waals surface area contributed by atoms with E-state index in [1.165, 1.54) is 18.2 Å². The van der Waals surface area contributed by atoms with Gasteiger partial charge in [0, 0.05) is 22.1 Å². The minimum absolute atomic E-state index is 0.0311. The number of halogens is 1. The van der Waals surface area contributed by atoms with Crippen LogP contribution in [0, 0.1) is 5.82 Å². The van der Waals surface area contributed by atoms with Crippen LogP contribution in [0.5, 0.6) is 5.75 Å². The van der Waals surface area contributed by atoms with Gasteiger partial charge in [-0.1, -0.05) is 36.4 Å². The Hall–Kier alpha value is -3.73. The fourth-order valence-corrected chi connectivity index (χ4v) is 3.67. The monoisotopic (exact) mass is 370 g/mol. The van der Waals surface area contributed by atoms with Gasteiger partial charge in [0.05, 0.1) is 17.2 Å². The molecule has 1 aliphatic heterocycles. The molecule has 4 aromatic rings. The van der Waals surface area contributed by atoms with Gasteiger partial charge in [0.25, 0.3) is 0 Å². The topological polar surface area (TPSA) is 62.2 Å². The molecule has 0 N–H and O–H groups in total. The van der Waals surface area contributed by atoms with Gasteiger partial charge in [-0.3, -0.25) is 0 Å². The maximum absolute atomic E-state index is 13.7. The molecule has 0 aliphatic carbocycles. The smallest absolute Gasteiger partial charge is 0.129 e. The van der Waals surface area contributed by atoms with E-state index in [0.717, 1.165) is 11.1 Å². The zero-order valence-electron chi connectivity index (χ0n) is 14.6. The average molecular weight is 370 g/mol. The Morgan fingerprint density at radius 1 is 1.00 bits per heavy atom. The molecule has 4 nitrogen and oxygen atoms in total. The molecular weight excluding hydrogens is 357 g/mol. The number of carbonyl (C=O) groups is 1. The third kappa shape index (κ3) is 2.52. The van der Waals surface area contributed by atoms with Gasteiger partial charge >= 0.3 is 0 Å². The summed E-state index contributed by atoms with van der Waals surface area (Å²) in [6, 6.07) is 19.5. The Bertz CT molecular complexity index is 1250. The maximum Gasteiger partial charge on any atom is 0.129 e. The first kappa shape index (κ1) is 16.4. The summed E-state index contributed by atoms with van der Waals surface area (Å²) >= 11 is 0. The van der Waals surface area contributed by atoms with Crippen LogP contribution in [-0.2, 0) is 6.61 Å². The van der Waals surface area contributed by atoms with Crippen LogP contribution in [0.1, 0.15) is 15.9 Å². The highest BCUT2D eigenvalue weighted by molar-refractivity contribution is 6.05. The summed E-state index contributed by atoms with van der Waals surface area (Å²) in [5.74, 6) is -1.27. The first-order valence-electron chi connectivity index (χ1n) is 8.78. The molecule has 2 heterocycles. The first-order valence-corrected chi connectivity index (χ1v) is 8.78. The van der Waals surface area contributed by atoms with E-state index in [9.17, 15) is 14.3 Å². The zero-order valence-corrected chi connectivity index (χ0v) is 14.6. The molecule has 0 unspecified atom stereocenters. The Morgan fingerprint density at radius 2 is 1.82 bits per heavy atom. The number of carbonyl (C=O) groups excluding carboxylic acids is 1. The highest BCUT2D eigenvalue weighted by Gasteiger charge is 2.24. The summed E-state index contributed by atoms with van der Waals surface area (Å²) in [4.78, 5) is 16.4. The van der Waals surface area contributed by atoms with E-state index >= 15 is 0 Å².